The number of unbranched alkanes of at least 4 members (excludes halogenated alkanes) is 2. The number of cyclic esters (lactones) is 2. The Hall–Kier alpha value is -6.33. The molecule has 0 amide bonds. The predicted molar refractivity (Wildman–Crippen MR) is 256 cm³/mol. The number of benzene rings is 2. The Bertz CT molecular complexity index is 3210. The fourth-order valence-corrected chi connectivity index (χ4v) is 9.83. The minimum Gasteiger partial charge on any atom is -0.756 e. The number of carboxylic acid groups (broad SMARTS) is 1. The lowest BCUT2D eigenvalue weighted by atomic mass is 9.85. The van der Waals surface area contributed by atoms with Gasteiger partial charge in [0.2, 0.25) is 0 Å². The van der Waals surface area contributed by atoms with E-state index in [2.05, 4.69) is 21.7 Å². The van der Waals surface area contributed by atoms with E-state index < -0.39 is 64.4 Å². The van der Waals surface area contributed by atoms with Crippen molar-refractivity contribution in [2.45, 2.75) is 103 Å². The molecule has 0 saturated heterocycles. The van der Waals surface area contributed by atoms with Crippen molar-refractivity contribution in [2.24, 2.45) is 0 Å². The summed E-state index contributed by atoms with van der Waals surface area (Å²) in [5.74, 6) is -2.56. The molecular formula is C49H52N5O18P2-. The van der Waals surface area contributed by atoms with Crippen molar-refractivity contribution in [3.05, 3.63) is 127 Å². The molecule has 6 N–H and O–H groups in total. The number of esters is 2. The number of carbonyl (C=O) groups is 3. The van der Waals surface area contributed by atoms with Crippen LogP contribution in [0.4, 0.5) is 0 Å². The van der Waals surface area contributed by atoms with Gasteiger partial charge in [-0.3, -0.25) is 23.2 Å². The van der Waals surface area contributed by atoms with E-state index in [0.717, 1.165) is 52.2 Å². The first-order valence-corrected chi connectivity index (χ1v) is 26.5. The van der Waals surface area contributed by atoms with Crippen LogP contribution in [0, 0.1) is 0 Å². The van der Waals surface area contributed by atoms with E-state index in [0.29, 0.717) is 47.8 Å². The minimum atomic E-state index is -5.07. The summed E-state index contributed by atoms with van der Waals surface area (Å²) in [7, 11) is -9.89. The van der Waals surface area contributed by atoms with Crippen molar-refractivity contribution in [3.63, 3.8) is 0 Å². The Balaban J connectivity index is 0.000000167. The first kappa shape index (κ1) is 53.9. The van der Waals surface area contributed by atoms with Crippen LogP contribution in [0.25, 0.3) is 44.6 Å². The second kappa shape index (κ2) is 21.5. The van der Waals surface area contributed by atoms with Gasteiger partial charge in [0.15, 0.2) is 24.8 Å². The number of ether oxygens (including phenoxy) is 4. The van der Waals surface area contributed by atoms with Crippen LogP contribution in [0.5, 0.6) is 0 Å². The van der Waals surface area contributed by atoms with Crippen LogP contribution in [0.3, 0.4) is 0 Å². The van der Waals surface area contributed by atoms with Gasteiger partial charge in [0, 0.05) is 39.4 Å². The van der Waals surface area contributed by atoms with E-state index in [4.69, 9.17) is 43.6 Å². The number of fused-ring (bicyclic) bond motifs is 10. The number of hydrogen-bond donors (Lipinski definition) is 4. The maximum atomic E-state index is 13.3. The predicted octanol–water partition coefficient (Wildman–Crippen LogP) is 2.64. The molecule has 8 heterocycles. The highest BCUT2D eigenvalue weighted by atomic mass is 31.2. The molecule has 6 aromatic rings. The van der Waals surface area contributed by atoms with Crippen molar-refractivity contribution in [3.8, 4) is 22.8 Å². The minimum absolute atomic E-state index is 0.0394. The number of pyridine rings is 4. The van der Waals surface area contributed by atoms with Gasteiger partial charge in [0.1, 0.15) is 19.3 Å². The average molecular weight is 1060 g/mol. The molecule has 23 nitrogen and oxygen atoms in total. The van der Waals surface area contributed by atoms with E-state index in [1.54, 1.807) is 35.1 Å². The molecule has 2 unspecified atom stereocenters. The van der Waals surface area contributed by atoms with Gasteiger partial charge in [0.05, 0.1) is 64.0 Å². The Morgan fingerprint density at radius 3 is 1.58 bits per heavy atom. The molecule has 25 heteroatoms. The second-order valence-electron chi connectivity index (χ2n) is 17.8. The summed E-state index contributed by atoms with van der Waals surface area (Å²) in [5, 5.41) is 12.0. The molecule has 0 fully saturated rings. The van der Waals surface area contributed by atoms with Gasteiger partial charge in [-0.05, 0) is 55.7 Å². The Kier molecular flexibility index (Phi) is 15.7. The topological polar surface area (TPSA) is 345 Å². The van der Waals surface area contributed by atoms with Gasteiger partial charge in [0.25, 0.3) is 18.9 Å². The molecule has 0 bridgehead atoms. The Morgan fingerprint density at radius 1 is 0.730 bits per heavy atom. The van der Waals surface area contributed by atoms with Crippen molar-refractivity contribution >= 4 is 55.4 Å². The zero-order chi connectivity index (χ0) is 53.3. The van der Waals surface area contributed by atoms with Gasteiger partial charge in [-0.25, -0.2) is 24.1 Å². The molecule has 10 rings (SSSR count). The van der Waals surface area contributed by atoms with Crippen molar-refractivity contribution in [2.75, 3.05) is 13.6 Å². The number of phosphoric acid groups is 2. The molecule has 0 spiro atoms. The van der Waals surface area contributed by atoms with Gasteiger partial charge in [-0.15, -0.1) is 0 Å². The summed E-state index contributed by atoms with van der Waals surface area (Å²) in [4.78, 5) is 110. The van der Waals surface area contributed by atoms with Crippen LogP contribution >= 0.6 is 15.6 Å². The lowest BCUT2D eigenvalue weighted by Gasteiger charge is -2.36. The van der Waals surface area contributed by atoms with Gasteiger partial charge in [-0.1, -0.05) is 70.0 Å². The lowest BCUT2D eigenvalue weighted by molar-refractivity contribution is -0.438. The normalized spacial score (nSPS) is 19.2. The average Bonchev–Trinajstić information content (AvgIpc) is 3.91. The monoisotopic (exact) mass is 1060 g/mol. The van der Waals surface area contributed by atoms with E-state index in [-0.39, 0.29) is 53.9 Å². The van der Waals surface area contributed by atoms with Crippen molar-refractivity contribution in [1.29, 1.82) is 0 Å². The van der Waals surface area contributed by atoms with E-state index in [9.17, 15) is 43.1 Å². The highest BCUT2D eigenvalue weighted by Crippen LogP contribution is 2.44. The number of rotatable bonds is 15. The zero-order valence-electron chi connectivity index (χ0n) is 40.3. The molecule has 2 aromatic carbocycles. The van der Waals surface area contributed by atoms with Gasteiger partial charge in [-0.2, -0.15) is 0 Å². The summed E-state index contributed by atoms with van der Waals surface area (Å²) < 4.78 is 55.3. The first-order chi connectivity index (χ1) is 35.1. The number of nitrogens with zero attached hydrogens (tertiary/aromatic N) is 4. The summed E-state index contributed by atoms with van der Waals surface area (Å²) in [6.45, 7) is 3.81. The standard InChI is InChI=1S/2C21H19N2O8P.C7H15NO2/c2*1-2-21(30-11-31-32(26,27)28)15-8-17-18-13(7-12-5-3-4-6-16(12)22-18)9-23(17)19(24)14(15)10-29-20(21)25;1-2-3-4-5-6(8)7(9)10/h2*3-8H,2,9-11H2,1H3,(H2,26,27,28);6H,2-5,8H2,1H3,(H,9,10)/p-1/t2*21-;/m00./s1. The summed E-state index contributed by atoms with van der Waals surface area (Å²) in [6.07, 6.45) is 3.88. The number of quaternary nitrogens is 1. The number of para-hydroxylation sites is 2. The second-order valence-corrected chi connectivity index (χ2v) is 20.2. The van der Waals surface area contributed by atoms with Crippen molar-refractivity contribution < 1.29 is 81.9 Å². The van der Waals surface area contributed by atoms with Gasteiger partial charge >= 0.3 is 19.8 Å². The third-order valence-corrected chi connectivity index (χ3v) is 14.2. The van der Waals surface area contributed by atoms with Crippen molar-refractivity contribution in [1.82, 2.24) is 19.1 Å². The third-order valence-electron chi connectivity index (χ3n) is 13.3. The SMILES string of the molecule is CCCCCC([NH3+])C(=O)[O-].CC[C@@]1(OCOP(=O)(O)O)C(=O)OCc2c1cc1n(c2=O)Cc2cc3ccccc3nc2-1.CC[C@@]1(OCOP(=O)([O-])O)C(=O)OCc2c1cc1n(c2=O)Cc2cc3ccccc3nc2-1. The summed E-state index contributed by atoms with van der Waals surface area (Å²) >= 11 is 0. The quantitative estimate of drug-likeness (QED) is 0.0496. The first-order valence-electron chi connectivity index (χ1n) is 23.5. The molecule has 4 aliphatic rings. The number of aliphatic carboxylic acids is 1. The van der Waals surface area contributed by atoms with E-state index in [1.807, 2.05) is 60.7 Å². The molecule has 392 valence electrons. The van der Waals surface area contributed by atoms with Crippen LogP contribution in [-0.2, 0) is 89.0 Å². The Morgan fingerprint density at radius 2 is 1.18 bits per heavy atom. The largest absolute Gasteiger partial charge is 0.756 e. The van der Waals surface area contributed by atoms with Crippen LogP contribution in [-0.4, -0.2) is 71.3 Å². The summed E-state index contributed by atoms with van der Waals surface area (Å²) in [5.41, 5.74) is 5.96. The Labute approximate surface area is 421 Å². The van der Waals surface area contributed by atoms with Crippen LogP contribution in [0.1, 0.15) is 92.7 Å². The smallest absolute Gasteiger partial charge is 0.471 e. The number of hydrogen-bond acceptors (Lipinski definition) is 17. The van der Waals surface area contributed by atoms with Crippen LogP contribution in [0.15, 0.2) is 82.4 Å². The fourth-order valence-electron chi connectivity index (χ4n) is 9.45. The zero-order valence-corrected chi connectivity index (χ0v) is 42.1. The fraction of sp³-hybridized carbons (Fsp3) is 0.367. The summed E-state index contributed by atoms with van der Waals surface area (Å²) in [6, 6.07) is 22.0. The van der Waals surface area contributed by atoms with E-state index >= 15 is 0 Å². The highest BCUT2D eigenvalue weighted by molar-refractivity contribution is 7.46. The maximum absolute atomic E-state index is 13.3. The molecule has 0 radical (unpaired) electrons. The van der Waals surface area contributed by atoms with Crippen LogP contribution in [0.2, 0.25) is 0 Å². The number of carboxylic acids is 1. The molecular weight excluding hydrogens is 1010 g/mol. The van der Waals surface area contributed by atoms with Gasteiger partial charge < -0.3 is 63.3 Å². The molecule has 0 aliphatic carbocycles. The molecule has 4 aliphatic heterocycles. The molecule has 74 heavy (non-hydrogen) atoms. The van der Waals surface area contributed by atoms with E-state index in [1.165, 1.54) is 0 Å². The molecule has 4 aromatic heterocycles. The maximum Gasteiger partial charge on any atom is 0.471 e. The van der Waals surface area contributed by atoms with Crippen LogP contribution < -0.4 is 26.9 Å². The highest BCUT2D eigenvalue weighted by Gasteiger charge is 2.50. The third kappa shape index (κ3) is 10.6. The lowest BCUT2D eigenvalue weighted by Crippen LogP contribution is -2.68. The molecule has 0 saturated carbocycles. The number of phosphoric ester groups is 2. The number of aromatic nitrogens is 4. The number of carbonyl (C=O) groups excluding carboxylic acids is 3. The molecule has 4 atom stereocenters.